The second-order valence-corrected chi connectivity index (χ2v) is 6.00. The first-order valence-electron chi connectivity index (χ1n) is 5.20. The molecule has 15 heavy (non-hydrogen) atoms. The van der Waals surface area contributed by atoms with E-state index in [2.05, 4.69) is 0 Å². The Morgan fingerprint density at radius 2 is 2.00 bits per heavy atom. The van der Waals surface area contributed by atoms with E-state index in [0.29, 0.717) is 6.54 Å². The quantitative estimate of drug-likeness (QED) is 0.464. The predicted molar refractivity (Wildman–Crippen MR) is 56.8 cm³/mol. The van der Waals surface area contributed by atoms with Crippen molar-refractivity contribution in [1.29, 1.82) is 0 Å². The molecule has 2 saturated heterocycles. The molecule has 2 fully saturated rings. The molecular formula is C10H18ClNO3. The molecule has 0 aromatic carbocycles. The maximum atomic E-state index is 9.85. The zero-order chi connectivity index (χ0) is 11.4. The Labute approximate surface area is 94.8 Å². The molecule has 0 saturated carbocycles. The molecule has 2 aliphatic rings. The van der Waals surface area contributed by atoms with Crippen molar-refractivity contribution in [3.05, 3.63) is 0 Å². The highest BCUT2D eigenvalue weighted by Gasteiger charge is 2.59. The highest BCUT2D eigenvalue weighted by atomic mass is 35.5. The van der Waals surface area contributed by atoms with Gasteiger partial charge in [-0.3, -0.25) is 4.90 Å². The fourth-order valence-electron chi connectivity index (χ4n) is 2.48. The van der Waals surface area contributed by atoms with Gasteiger partial charge in [0.05, 0.1) is 17.5 Å². The summed E-state index contributed by atoms with van der Waals surface area (Å²) in [6, 6.07) is -0.417. The van der Waals surface area contributed by atoms with E-state index < -0.39 is 11.8 Å². The van der Waals surface area contributed by atoms with Gasteiger partial charge in [0.25, 0.3) is 0 Å². The van der Waals surface area contributed by atoms with Crippen LogP contribution in [0.15, 0.2) is 0 Å². The molecule has 0 bridgehead atoms. The lowest BCUT2D eigenvalue weighted by molar-refractivity contribution is -0.194. The minimum atomic E-state index is -1.78. The number of nitrogens with zero attached hydrogens (tertiary/aromatic N) is 1. The Hall–Kier alpha value is 0.130. The van der Waals surface area contributed by atoms with Gasteiger partial charge >= 0.3 is 0 Å². The van der Waals surface area contributed by atoms with E-state index in [1.165, 1.54) is 0 Å². The van der Waals surface area contributed by atoms with Gasteiger partial charge in [0.2, 0.25) is 5.79 Å². The molecular weight excluding hydrogens is 218 g/mol. The van der Waals surface area contributed by atoms with Gasteiger partial charge in [-0.1, -0.05) is 0 Å². The van der Waals surface area contributed by atoms with E-state index in [1.54, 1.807) is 0 Å². The van der Waals surface area contributed by atoms with Crippen molar-refractivity contribution >= 4 is 11.6 Å². The molecule has 0 aliphatic carbocycles. The molecule has 0 unspecified atom stereocenters. The highest BCUT2D eigenvalue weighted by molar-refractivity contribution is 6.21. The van der Waals surface area contributed by atoms with E-state index >= 15 is 0 Å². The summed E-state index contributed by atoms with van der Waals surface area (Å²) in [6.45, 7) is 6.68. The second kappa shape index (κ2) is 3.31. The van der Waals surface area contributed by atoms with Crippen molar-refractivity contribution < 1.29 is 14.9 Å². The number of aliphatic hydroxyl groups is 2. The average Bonchev–Trinajstić information content (AvgIpc) is 2.52. The molecule has 4 nitrogen and oxygen atoms in total. The lowest BCUT2D eigenvalue weighted by Gasteiger charge is -2.39. The summed E-state index contributed by atoms with van der Waals surface area (Å²) in [6.07, 6.45) is -0.277. The fraction of sp³-hybridized carbons (Fsp3) is 1.00. The van der Waals surface area contributed by atoms with Gasteiger partial charge in [0, 0.05) is 12.1 Å². The highest BCUT2D eigenvalue weighted by Crippen LogP contribution is 2.40. The van der Waals surface area contributed by atoms with Gasteiger partial charge in [-0.15, -0.1) is 11.6 Å². The largest absolute Gasteiger partial charge is 0.369 e. The number of ether oxygens (including phenoxy) is 1. The Morgan fingerprint density at radius 1 is 1.40 bits per heavy atom. The van der Waals surface area contributed by atoms with Crippen molar-refractivity contribution in [2.75, 3.05) is 13.2 Å². The Bertz CT molecular complexity index is 264. The third-order valence-corrected chi connectivity index (χ3v) is 3.58. The molecule has 88 valence electrons. The smallest absolute Gasteiger partial charge is 0.205 e. The third kappa shape index (κ3) is 1.78. The summed E-state index contributed by atoms with van der Waals surface area (Å²) in [7, 11) is 0. The van der Waals surface area contributed by atoms with Crippen molar-refractivity contribution in [2.45, 2.75) is 49.6 Å². The van der Waals surface area contributed by atoms with Gasteiger partial charge in [-0.05, 0) is 20.8 Å². The van der Waals surface area contributed by atoms with Gasteiger partial charge < -0.3 is 14.9 Å². The van der Waals surface area contributed by atoms with Gasteiger partial charge in [-0.2, -0.15) is 0 Å². The molecule has 0 aromatic heterocycles. The number of hydrogen-bond acceptors (Lipinski definition) is 4. The summed E-state index contributed by atoms with van der Waals surface area (Å²) in [5.74, 6) is -1.78. The Morgan fingerprint density at radius 3 is 2.53 bits per heavy atom. The van der Waals surface area contributed by atoms with Gasteiger partial charge in [-0.25, -0.2) is 0 Å². The van der Waals surface area contributed by atoms with Crippen LogP contribution >= 0.6 is 11.6 Å². The van der Waals surface area contributed by atoms with Crippen LogP contribution in [-0.4, -0.2) is 57.1 Å². The normalized spacial score (nSPS) is 40.8. The molecule has 0 radical (unpaired) electrons. The number of fused-ring (bicyclic) bond motifs is 1. The van der Waals surface area contributed by atoms with Crippen LogP contribution in [0.2, 0.25) is 0 Å². The van der Waals surface area contributed by atoms with E-state index in [4.69, 9.17) is 16.3 Å². The summed E-state index contributed by atoms with van der Waals surface area (Å²) in [4.78, 5) is 2.02. The van der Waals surface area contributed by atoms with Crippen LogP contribution in [0.25, 0.3) is 0 Å². The second-order valence-electron chi connectivity index (χ2n) is 5.44. The van der Waals surface area contributed by atoms with Crippen LogP contribution in [0.1, 0.15) is 20.8 Å². The first kappa shape index (κ1) is 11.6. The average molecular weight is 236 g/mol. The predicted octanol–water partition coefficient (Wildman–Crippen LogP) is 0.156. The lowest BCUT2D eigenvalue weighted by atomic mass is 10.00. The molecule has 3 atom stereocenters. The molecule has 2 rings (SSSR count). The van der Waals surface area contributed by atoms with Crippen LogP contribution in [-0.2, 0) is 4.74 Å². The number of rotatable bonds is 0. The van der Waals surface area contributed by atoms with Crippen molar-refractivity contribution in [3.8, 4) is 0 Å². The fourth-order valence-corrected chi connectivity index (χ4v) is 2.84. The summed E-state index contributed by atoms with van der Waals surface area (Å²) >= 11 is 6.15. The monoisotopic (exact) mass is 235 g/mol. The molecule has 5 heteroatoms. The van der Waals surface area contributed by atoms with Crippen LogP contribution in [0, 0.1) is 0 Å². The molecule has 0 aromatic rings. The number of alkyl halides is 1. The zero-order valence-electron chi connectivity index (χ0n) is 9.27. The SMILES string of the molecule is CC(C)(C)N1C[C@H](Cl)[C@H]2OCC(O)(O)[C@H]21. The van der Waals surface area contributed by atoms with Crippen LogP contribution in [0.4, 0.5) is 0 Å². The number of hydrogen-bond donors (Lipinski definition) is 2. The summed E-state index contributed by atoms with van der Waals surface area (Å²) in [5.41, 5.74) is -0.142. The summed E-state index contributed by atoms with van der Waals surface area (Å²) < 4.78 is 5.36. The Kier molecular flexibility index (Phi) is 2.56. The van der Waals surface area contributed by atoms with Crippen LogP contribution in [0.3, 0.4) is 0 Å². The maximum absolute atomic E-state index is 9.85. The zero-order valence-corrected chi connectivity index (χ0v) is 10.0. The van der Waals surface area contributed by atoms with Crippen molar-refractivity contribution in [1.82, 2.24) is 4.90 Å². The molecule has 2 N–H and O–H groups in total. The third-order valence-electron chi connectivity index (χ3n) is 3.20. The molecule has 0 amide bonds. The van der Waals surface area contributed by atoms with E-state index in [1.807, 2.05) is 25.7 Å². The van der Waals surface area contributed by atoms with Crippen molar-refractivity contribution in [3.63, 3.8) is 0 Å². The minimum Gasteiger partial charge on any atom is -0.369 e. The van der Waals surface area contributed by atoms with E-state index in [0.717, 1.165) is 0 Å². The first-order chi connectivity index (χ1) is 6.73. The molecule has 2 heterocycles. The first-order valence-corrected chi connectivity index (χ1v) is 5.64. The molecule has 2 aliphatic heterocycles. The van der Waals surface area contributed by atoms with Crippen molar-refractivity contribution in [2.24, 2.45) is 0 Å². The maximum Gasteiger partial charge on any atom is 0.205 e. The van der Waals surface area contributed by atoms with Gasteiger partial charge in [0.15, 0.2) is 0 Å². The van der Waals surface area contributed by atoms with Gasteiger partial charge in [0.1, 0.15) is 6.61 Å². The standard InChI is InChI=1S/C10H18ClNO3/c1-9(2,3)12-4-6(11)7-8(12)10(13,14)5-15-7/h6-8,13-14H,4-5H2,1-3H3/t6-,7+,8-/m0/s1. The van der Waals surface area contributed by atoms with Crippen LogP contribution in [0.5, 0.6) is 0 Å². The van der Waals surface area contributed by atoms with E-state index in [9.17, 15) is 10.2 Å². The Balaban J connectivity index is 2.29. The number of halogens is 1. The molecule has 0 spiro atoms. The minimum absolute atomic E-state index is 0.0574. The van der Waals surface area contributed by atoms with Crippen LogP contribution < -0.4 is 0 Å². The van der Waals surface area contributed by atoms with E-state index in [-0.39, 0.29) is 23.6 Å². The topological polar surface area (TPSA) is 52.9 Å². The summed E-state index contributed by atoms with van der Waals surface area (Å²) in [5, 5.41) is 19.5. The number of likely N-dealkylation sites (tertiary alicyclic amines) is 1. The lowest BCUT2D eigenvalue weighted by Crippen LogP contribution is -2.56.